The third kappa shape index (κ3) is 4.22. The van der Waals surface area contributed by atoms with Gasteiger partial charge in [0.05, 0.1) is 5.69 Å². The summed E-state index contributed by atoms with van der Waals surface area (Å²) in [7, 11) is 0. The highest BCUT2D eigenvalue weighted by molar-refractivity contribution is 5.66. The molecule has 146 valence electrons. The van der Waals surface area contributed by atoms with Crippen molar-refractivity contribution >= 4 is 0 Å². The molecule has 6 heteroatoms. The second-order valence-corrected chi connectivity index (χ2v) is 6.82. The third-order valence-corrected chi connectivity index (χ3v) is 4.71. The number of aromatic nitrogens is 3. The average molecular weight is 390 g/mol. The van der Waals surface area contributed by atoms with Gasteiger partial charge in [-0.3, -0.25) is 4.98 Å². The lowest BCUT2D eigenvalue weighted by Gasteiger charge is -2.07. The first kappa shape index (κ1) is 19.0. The Morgan fingerprint density at radius 1 is 1.00 bits per heavy atom. The van der Waals surface area contributed by atoms with E-state index in [2.05, 4.69) is 15.4 Å². The van der Waals surface area contributed by atoms with Gasteiger partial charge in [0.1, 0.15) is 11.5 Å². The highest BCUT2D eigenvalue weighted by Gasteiger charge is 2.16. The van der Waals surface area contributed by atoms with E-state index >= 15 is 0 Å². The monoisotopic (exact) mass is 390 g/mol. The minimum absolute atomic E-state index is 0.208. The molecular weight excluding hydrogens is 370 g/mol. The molecule has 0 aliphatic carbocycles. The molecule has 4 nitrogen and oxygen atoms in total. The van der Waals surface area contributed by atoms with Crippen LogP contribution in [-0.2, 0) is 13.1 Å². The van der Waals surface area contributed by atoms with Crippen molar-refractivity contribution in [2.24, 2.45) is 0 Å². The van der Waals surface area contributed by atoms with Gasteiger partial charge in [-0.2, -0.15) is 5.10 Å². The largest absolute Gasteiger partial charge is 0.308 e. The molecule has 0 radical (unpaired) electrons. The summed E-state index contributed by atoms with van der Waals surface area (Å²) in [4.78, 5) is 4.12. The second-order valence-electron chi connectivity index (χ2n) is 6.82. The van der Waals surface area contributed by atoms with Gasteiger partial charge in [-0.1, -0.05) is 30.3 Å². The number of halogens is 2. The van der Waals surface area contributed by atoms with Crippen molar-refractivity contribution < 1.29 is 8.78 Å². The van der Waals surface area contributed by atoms with Gasteiger partial charge < -0.3 is 5.32 Å². The van der Waals surface area contributed by atoms with Crippen molar-refractivity contribution in [2.75, 3.05) is 0 Å². The molecule has 0 saturated heterocycles. The van der Waals surface area contributed by atoms with E-state index in [0.717, 1.165) is 34.0 Å². The number of hydrogen-bond acceptors (Lipinski definition) is 3. The van der Waals surface area contributed by atoms with Crippen LogP contribution in [0.25, 0.3) is 16.9 Å². The van der Waals surface area contributed by atoms with Crippen LogP contribution in [0.5, 0.6) is 0 Å². The molecule has 29 heavy (non-hydrogen) atoms. The van der Waals surface area contributed by atoms with Crippen LogP contribution < -0.4 is 5.32 Å². The van der Waals surface area contributed by atoms with E-state index in [1.165, 1.54) is 16.8 Å². The van der Waals surface area contributed by atoms with Crippen molar-refractivity contribution in [1.29, 1.82) is 0 Å². The van der Waals surface area contributed by atoms with Gasteiger partial charge in [0.15, 0.2) is 5.82 Å². The summed E-state index contributed by atoms with van der Waals surface area (Å²) in [5.74, 6) is -1.27. The Hall–Kier alpha value is -3.38. The fraction of sp³-hybridized carbons (Fsp3) is 0.130. The molecule has 4 rings (SSSR count). The van der Waals surface area contributed by atoms with Crippen molar-refractivity contribution in [1.82, 2.24) is 20.1 Å². The van der Waals surface area contributed by atoms with Crippen molar-refractivity contribution in [3.8, 4) is 16.9 Å². The molecular formula is C23H20F2N4. The van der Waals surface area contributed by atoms with Gasteiger partial charge in [0, 0.05) is 48.9 Å². The molecule has 0 bridgehead atoms. The minimum atomic E-state index is -0.654. The first-order valence-corrected chi connectivity index (χ1v) is 9.31. The summed E-state index contributed by atoms with van der Waals surface area (Å²) in [5.41, 5.74) is 5.02. The van der Waals surface area contributed by atoms with E-state index in [9.17, 15) is 8.78 Å². The van der Waals surface area contributed by atoms with Gasteiger partial charge in [0.25, 0.3) is 0 Å². The highest BCUT2D eigenvalue weighted by Crippen LogP contribution is 2.27. The van der Waals surface area contributed by atoms with Crippen LogP contribution in [-0.4, -0.2) is 14.8 Å². The van der Waals surface area contributed by atoms with Gasteiger partial charge in [-0.15, -0.1) is 0 Å². The van der Waals surface area contributed by atoms with E-state index in [1.807, 2.05) is 49.5 Å². The molecule has 0 aliphatic rings. The van der Waals surface area contributed by atoms with Gasteiger partial charge >= 0.3 is 0 Å². The van der Waals surface area contributed by atoms with Crippen LogP contribution in [0.2, 0.25) is 0 Å². The summed E-state index contributed by atoms with van der Waals surface area (Å²) in [6, 6.07) is 15.3. The Kier molecular flexibility index (Phi) is 5.44. The smallest absolute Gasteiger partial charge is 0.151 e. The van der Waals surface area contributed by atoms with Crippen LogP contribution in [0.3, 0.4) is 0 Å². The van der Waals surface area contributed by atoms with E-state index in [0.29, 0.717) is 13.1 Å². The van der Waals surface area contributed by atoms with Crippen LogP contribution >= 0.6 is 0 Å². The van der Waals surface area contributed by atoms with E-state index in [1.54, 1.807) is 12.4 Å². The Morgan fingerprint density at radius 3 is 2.62 bits per heavy atom. The zero-order valence-corrected chi connectivity index (χ0v) is 15.9. The summed E-state index contributed by atoms with van der Waals surface area (Å²) in [5, 5.41) is 8.02. The molecule has 2 heterocycles. The zero-order valence-electron chi connectivity index (χ0n) is 15.9. The highest BCUT2D eigenvalue weighted by atomic mass is 19.1. The zero-order chi connectivity index (χ0) is 20.2. The molecule has 0 spiro atoms. The third-order valence-electron chi connectivity index (χ3n) is 4.71. The van der Waals surface area contributed by atoms with E-state index < -0.39 is 11.6 Å². The Labute approximate surface area is 167 Å². The van der Waals surface area contributed by atoms with Crippen LogP contribution in [0.1, 0.15) is 16.7 Å². The molecule has 2 aromatic heterocycles. The molecule has 0 fully saturated rings. The maximum atomic E-state index is 14.3. The van der Waals surface area contributed by atoms with Crippen LogP contribution in [0, 0.1) is 18.6 Å². The number of nitrogens with one attached hydrogen (secondary N) is 1. The molecule has 0 aliphatic heterocycles. The standard InChI is InChI=1S/C23H20F2N4/c1-16-5-2-3-7-20(16)23-18(14-27-13-17-6-4-10-26-12-17)15-29(28-23)22-9-8-19(24)11-21(22)25/h2-12,15,27H,13-14H2,1H3. The summed E-state index contributed by atoms with van der Waals surface area (Å²) in [6.45, 7) is 3.21. The van der Waals surface area contributed by atoms with E-state index in [4.69, 9.17) is 0 Å². The molecule has 0 atom stereocenters. The fourth-order valence-corrected chi connectivity index (χ4v) is 3.24. The lowest BCUT2D eigenvalue weighted by atomic mass is 10.0. The number of pyridine rings is 1. The molecule has 0 saturated carbocycles. The molecule has 2 aromatic carbocycles. The lowest BCUT2D eigenvalue weighted by Crippen LogP contribution is -2.13. The fourth-order valence-electron chi connectivity index (χ4n) is 3.24. The quantitative estimate of drug-likeness (QED) is 0.514. The van der Waals surface area contributed by atoms with Crippen molar-refractivity contribution in [2.45, 2.75) is 20.0 Å². The first-order chi connectivity index (χ1) is 14.1. The Bertz CT molecular complexity index is 1120. The molecule has 1 N–H and O–H groups in total. The molecule has 0 unspecified atom stereocenters. The van der Waals surface area contributed by atoms with Gasteiger partial charge in [-0.05, 0) is 36.2 Å². The molecule has 0 amide bonds. The normalized spacial score (nSPS) is 11.0. The first-order valence-electron chi connectivity index (χ1n) is 9.31. The summed E-state index contributed by atoms with van der Waals surface area (Å²) < 4.78 is 29.1. The van der Waals surface area contributed by atoms with Crippen molar-refractivity contribution in [3.63, 3.8) is 0 Å². The van der Waals surface area contributed by atoms with Gasteiger partial charge in [-0.25, -0.2) is 13.5 Å². The Morgan fingerprint density at radius 2 is 1.86 bits per heavy atom. The Balaban J connectivity index is 1.68. The number of benzene rings is 2. The molecule has 4 aromatic rings. The predicted octanol–water partition coefficient (Wildman–Crippen LogP) is 4.81. The van der Waals surface area contributed by atoms with Crippen LogP contribution in [0.4, 0.5) is 8.78 Å². The van der Waals surface area contributed by atoms with Gasteiger partial charge in [0.2, 0.25) is 0 Å². The lowest BCUT2D eigenvalue weighted by molar-refractivity contribution is 0.574. The number of nitrogens with zero attached hydrogens (tertiary/aromatic N) is 3. The number of rotatable bonds is 6. The second kappa shape index (κ2) is 8.32. The average Bonchev–Trinajstić information content (AvgIpc) is 3.13. The van der Waals surface area contributed by atoms with E-state index in [-0.39, 0.29) is 5.69 Å². The van der Waals surface area contributed by atoms with Crippen molar-refractivity contribution in [3.05, 3.63) is 102 Å². The summed E-state index contributed by atoms with van der Waals surface area (Å²) in [6.07, 6.45) is 5.34. The maximum Gasteiger partial charge on any atom is 0.151 e. The van der Waals surface area contributed by atoms with Crippen LogP contribution in [0.15, 0.2) is 73.2 Å². The SMILES string of the molecule is Cc1ccccc1-c1nn(-c2ccc(F)cc2F)cc1CNCc1cccnc1. The minimum Gasteiger partial charge on any atom is -0.308 e. The topological polar surface area (TPSA) is 42.7 Å². The number of hydrogen-bond donors (Lipinski definition) is 1. The number of aryl methyl sites for hydroxylation is 1. The maximum absolute atomic E-state index is 14.3. The predicted molar refractivity (Wildman–Crippen MR) is 108 cm³/mol. The summed E-state index contributed by atoms with van der Waals surface area (Å²) >= 11 is 0.